The Labute approximate surface area is 178 Å². The lowest BCUT2D eigenvalue weighted by Crippen LogP contribution is -2.18. The maximum absolute atomic E-state index is 13.3. The van der Waals surface area contributed by atoms with Gasteiger partial charge in [0.2, 0.25) is 0 Å². The fourth-order valence-electron chi connectivity index (χ4n) is 3.77. The standard InChI is InChI=1S/C25H20N4O2/c1-17-9-5-6-12-20(17)26-24(30)21-15-19-23(29(21)16-18-10-3-2-4-11-18)27-22-13-7-8-14-28(22)25(19)31/h2-15H,16H2,1H3,(H,26,30). The summed E-state index contributed by atoms with van der Waals surface area (Å²) in [5.41, 5.74) is 3.94. The van der Waals surface area contributed by atoms with E-state index in [9.17, 15) is 9.59 Å². The van der Waals surface area contributed by atoms with E-state index >= 15 is 0 Å². The molecule has 6 nitrogen and oxygen atoms in total. The molecule has 2 aromatic carbocycles. The SMILES string of the molecule is Cc1ccccc1NC(=O)c1cc2c(=O)n3ccccc3nc2n1Cc1ccccc1. The topological polar surface area (TPSA) is 68.4 Å². The zero-order valence-corrected chi connectivity index (χ0v) is 16.9. The van der Waals surface area contributed by atoms with E-state index in [2.05, 4.69) is 5.32 Å². The van der Waals surface area contributed by atoms with Crippen molar-refractivity contribution in [3.8, 4) is 0 Å². The molecule has 6 heteroatoms. The van der Waals surface area contributed by atoms with Crippen LogP contribution in [0, 0.1) is 6.92 Å². The number of amides is 1. The highest BCUT2D eigenvalue weighted by molar-refractivity contribution is 6.06. The number of benzene rings is 2. The van der Waals surface area contributed by atoms with Crippen LogP contribution in [0.1, 0.15) is 21.6 Å². The molecule has 0 saturated carbocycles. The first-order valence-electron chi connectivity index (χ1n) is 10.0. The third-order valence-electron chi connectivity index (χ3n) is 5.39. The van der Waals surface area contributed by atoms with Crippen LogP contribution in [0.5, 0.6) is 0 Å². The number of aryl methyl sites for hydroxylation is 1. The molecule has 0 radical (unpaired) electrons. The van der Waals surface area contributed by atoms with Gasteiger partial charge in [-0.15, -0.1) is 0 Å². The fourth-order valence-corrected chi connectivity index (χ4v) is 3.77. The number of hydrogen-bond donors (Lipinski definition) is 1. The summed E-state index contributed by atoms with van der Waals surface area (Å²) in [6, 6.07) is 24.5. The van der Waals surface area contributed by atoms with Crippen LogP contribution in [0.4, 0.5) is 5.69 Å². The van der Waals surface area contributed by atoms with Gasteiger partial charge in [-0.25, -0.2) is 4.98 Å². The van der Waals surface area contributed by atoms with Crippen molar-refractivity contribution in [3.63, 3.8) is 0 Å². The molecule has 0 atom stereocenters. The lowest BCUT2D eigenvalue weighted by Gasteiger charge is -2.12. The van der Waals surface area contributed by atoms with E-state index in [-0.39, 0.29) is 11.5 Å². The Hall–Kier alpha value is -4.19. The van der Waals surface area contributed by atoms with Crippen LogP contribution >= 0.6 is 0 Å². The first-order chi connectivity index (χ1) is 15.1. The lowest BCUT2D eigenvalue weighted by molar-refractivity contribution is 0.101. The van der Waals surface area contributed by atoms with Gasteiger partial charge in [0.05, 0.1) is 5.39 Å². The van der Waals surface area contributed by atoms with E-state index in [1.165, 1.54) is 4.40 Å². The van der Waals surface area contributed by atoms with Gasteiger partial charge in [-0.2, -0.15) is 0 Å². The Kier molecular flexibility index (Phi) is 4.59. The van der Waals surface area contributed by atoms with Crippen molar-refractivity contribution < 1.29 is 4.79 Å². The molecule has 5 rings (SSSR count). The number of carbonyl (C=O) groups excluding carboxylic acids is 1. The Bertz CT molecular complexity index is 1480. The number of hydrogen-bond acceptors (Lipinski definition) is 3. The predicted molar refractivity (Wildman–Crippen MR) is 122 cm³/mol. The molecule has 0 saturated heterocycles. The van der Waals surface area contributed by atoms with Crippen molar-refractivity contribution in [1.29, 1.82) is 0 Å². The van der Waals surface area contributed by atoms with Gasteiger partial charge in [-0.05, 0) is 42.3 Å². The Balaban J connectivity index is 1.70. The molecule has 0 aliphatic rings. The maximum Gasteiger partial charge on any atom is 0.272 e. The van der Waals surface area contributed by atoms with Crippen LogP contribution in [0.2, 0.25) is 0 Å². The number of para-hydroxylation sites is 1. The van der Waals surface area contributed by atoms with Crippen molar-refractivity contribution in [3.05, 3.63) is 112 Å². The summed E-state index contributed by atoms with van der Waals surface area (Å²) in [6.07, 6.45) is 1.69. The normalized spacial score (nSPS) is 11.1. The second kappa shape index (κ2) is 7.57. The molecule has 0 unspecified atom stereocenters. The van der Waals surface area contributed by atoms with E-state index in [1.54, 1.807) is 24.4 Å². The molecule has 3 aromatic heterocycles. The average molecular weight is 408 g/mol. The van der Waals surface area contributed by atoms with E-state index in [1.807, 2.05) is 72.2 Å². The molecule has 0 aliphatic carbocycles. The van der Waals surface area contributed by atoms with Gasteiger partial charge >= 0.3 is 0 Å². The number of nitrogens with zero attached hydrogens (tertiary/aromatic N) is 3. The average Bonchev–Trinajstić information content (AvgIpc) is 3.15. The molecular weight excluding hydrogens is 388 g/mol. The van der Waals surface area contributed by atoms with Crippen LogP contribution in [0.25, 0.3) is 16.7 Å². The number of rotatable bonds is 4. The van der Waals surface area contributed by atoms with Gasteiger partial charge in [0.25, 0.3) is 11.5 Å². The minimum atomic E-state index is -0.281. The number of nitrogens with one attached hydrogen (secondary N) is 1. The summed E-state index contributed by atoms with van der Waals surface area (Å²) in [7, 11) is 0. The number of fused-ring (bicyclic) bond motifs is 2. The third-order valence-corrected chi connectivity index (χ3v) is 5.39. The molecule has 0 bridgehead atoms. The Morgan fingerprint density at radius 3 is 2.52 bits per heavy atom. The summed E-state index contributed by atoms with van der Waals surface area (Å²) >= 11 is 0. The molecule has 1 amide bonds. The number of carbonyl (C=O) groups is 1. The van der Waals surface area contributed by atoms with Crippen LogP contribution < -0.4 is 10.9 Å². The molecule has 0 spiro atoms. The first kappa shape index (κ1) is 18.8. The minimum Gasteiger partial charge on any atom is -0.320 e. The molecule has 1 N–H and O–H groups in total. The van der Waals surface area contributed by atoms with Crippen molar-refractivity contribution in [1.82, 2.24) is 14.0 Å². The third kappa shape index (κ3) is 3.38. The number of aromatic nitrogens is 3. The monoisotopic (exact) mass is 408 g/mol. The van der Waals surface area contributed by atoms with Crippen molar-refractivity contribution >= 4 is 28.3 Å². The van der Waals surface area contributed by atoms with Crippen molar-refractivity contribution in [2.45, 2.75) is 13.5 Å². The van der Waals surface area contributed by atoms with E-state index in [0.29, 0.717) is 28.9 Å². The summed E-state index contributed by atoms with van der Waals surface area (Å²) in [6.45, 7) is 2.37. The van der Waals surface area contributed by atoms with Crippen LogP contribution in [-0.4, -0.2) is 19.9 Å². The lowest BCUT2D eigenvalue weighted by atomic mass is 10.2. The highest BCUT2D eigenvalue weighted by atomic mass is 16.2. The summed E-state index contributed by atoms with van der Waals surface area (Å²) < 4.78 is 3.31. The Morgan fingerprint density at radius 2 is 1.71 bits per heavy atom. The maximum atomic E-state index is 13.3. The zero-order chi connectivity index (χ0) is 21.4. The predicted octanol–water partition coefficient (Wildman–Crippen LogP) is 4.26. The summed E-state index contributed by atoms with van der Waals surface area (Å²) in [4.78, 5) is 31.1. The van der Waals surface area contributed by atoms with Gasteiger partial charge in [0, 0.05) is 18.4 Å². The van der Waals surface area contributed by atoms with Crippen molar-refractivity contribution in [2.24, 2.45) is 0 Å². The van der Waals surface area contributed by atoms with E-state index < -0.39 is 0 Å². The largest absolute Gasteiger partial charge is 0.320 e. The minimum absolute atomic E-state index is 0.197. The van der Waals surface area contributed by atoms with Gasteiger partial charge in [0.1, 0.15) is 17.0 Å². The molecule has 5 aromatic rings. The molecule has 0 fully saturated rings. The van der Waals surface area contributed by atoms with Crippen LogP contribution in [0.15, 0.2) is 89.9 Å². The van der Waals surface area contributed by atoms with Gasteiger partial charge in [-0.1, -0.05) is 54.6 Å². The number of pyridine rings is 1. The highest BCUT2D eigenvalue weighted by Gasteiger charge is 2.20. The number of anilines is 1. The second-order valence-corrected chi connectivity index (χ2v) is 7.45. The van der Waals surface area contributed by atoms with Gasteiger partial charge in [0.15, 0.2) is 0 Å². The quantitative estimate of drug-likeness (QED) is 0.483. The molecule has 152 valence electrons. The summed E-state index contributed by atoms with van der Waals surface area (Å²) in [5, 5.41) is 3.39. The van der Waals surface area contributed by atoms with Gasteiger partial charge < -0.3 is 9.88 Å². The highest BCUT2D eigenvalue weighted by Crippen LogP contribution is 2.21. The molecule has 0 aliphatic heterocycles. The second-order valence-electron chi connectivity index (χ2n) is 7.45. The summed E-state index contributed by atoms with van der Waals surface area (Å²) in [5.74, 6) is -0.281. The van der Waals surface area contributed by atoms with E-state index in [0.717, 1.165) is 16.8 Å². The van der Waals surface area contributed by atoms with Crippen LogP contribution in [-0.2, 0) is 6.54 Å². The van der Waals surface area contributed by atoms with Gasteiger partial charge in [-0.3, -0.25) is 14.0 Å². The molecule has 31 heavy (non-hydrogen) atoms. The molecule has 3 heterocycles. The fraction of sp³-hybridized carbons (Fsp3) is 0.0800. The molecular formula is C25H20N4O2. The smallest absolute Gasteiger partial charge is 0.272 e. The van der Waals surface area contributed by atoms with Crippen molar-refractivity contribution in [2.75, 3.05) is 5.32 Å². The zero-order valence-electron chi connectivity index (χ0n) is 16.9. The van der Waals surface area contributed by atoms with E-state index in [4.69, 9.17) is 4.98 Å². The van der Waals surface area contributed by atoms with Crippen LogP contribution in [0.3, 0.4) is 0 Å². The first-order valence-corrected chi connectivity index (χ1v) is 10.0. The Morgan fingerprint density at radius 1 is 0.968 bits per heavy atom.